The molecule has 24 heavy (non-hydrogen) atoms. The molecule has 1 amide bonds. The molecule has 0 spiro atoms. The molecule has 0 saturated carbocycles. The fourth-order valence-corrected chi connectivity index (χ4v) is 4.14. The maximum absolute atomic E-state index is 12.5. The lowest BCUT2D eigenvalue weighted by Crippen LogP contribution is -2.52. The summed E-state index contributed by atoms with van der Waals surface area (Å²) in [6, 6.07) is 3.82. The number of nitrogens with one attached hydrogen (secondary N) is 2. The molecule has 7 nitrogen and oxygen atoms in total. The second-order valence-electron chi connectivity index (χ2n) is 5.61. The molecule has 1 saturated heterocycles. The fourth-order valence-electron chi connectivity index (χ4n) is 2.65. The van der Waals surface area contributed by atoms with Crippen LogP contribution in [0.4, 0.5) is 0 Å². The van der Waals surface area contributed by atoms with Gasteiger partial charge in [-0.15, -0.1) is 12.4 Å². The van der Waals surface area contributed by atoms with E-state index < -0.39 is 21.5 Å². The topological polar surface area (TPSA) is 111 Å². The zero-order valence-corrected chi connectivity index (χ0v) is 15.6. The minimum absolute atomic E-state index is 0. The standard InChI is InChI=1S/C14H20ClN3O4S.ClH/c1-22-9-14(3-2-4-17-14)8-18-23(20,21)12-6-10(13(16)19)5-11(15)7-12;/h5-7,17-18H,2-4,8-9H2,1H3,(H2,16,19);1H. The van der Waals surface area contributed by atoms with E-state index in [1.807, 2.05) is 0 Å². The van der Waals surface area contributed by atoms with Gasteiger partial charge >= 0.3 is 0 Å². The molecule has 136 valence electrons. The van der Waals surface area contributed by atoms with Crippen LogP contribution in [-0.2, 0) is 14.8 Å². The molecule has 0 aliphatic carbocycles. The molecule has 2 rings (SSSR count). The monoisotopic (exact) mass is 397 g/mol. The largest absolute Gasteiger partial charge is 0.383 e. The van der Waals surface area contributed by atoms with E-state index in [9.17, 15) is 13.2 Å². The number of ether oxygens (including phenoxy) is 1. The first-order valence-corrected chi connectivity index (χ1v) is 8.98. The first-order valence-electron chi connectivity index (χ1n) is 7.12. The van der Waals surface area contributed by atoms with E-state index in [1.165, 1.54) is 18.2 Å². The van der Waals surface area contributed by atoms with Crippen LogP contribution in [0.1, 0.15) is 23.2 Å². The molecule has 1 fully saturated rings. The van der Waals surface area contributed by atoms with E-state index in [-0.39, 0.29) is 34.4 Å². The van der Waals surface area contributed by atoms with Gasteiger partial charge in [-0.2, -0.15) is 0 Å². The lowest BCUT2D eigenvalue weighted by atomic mass is 9.99. The number of methoxy groups -OCH3 is 1. The molecule has 1 aromatic carbocycles. The Morgan fingerprint density at radius 1 is 1.46 bits per heavy atom. The second kappa shape index (κ2) is 8.46. The summed E-state index contributed by atoms with van der Waals surface area (Å²) in [5, 5.41) is 3.42. The van der Waals surface area contributed by atoms with E-state index in [4.69, 9.17) is 22.1 Å². The summed E-state index contributed by atoms with van der Waals surface area (Å²) in [4.78, 5) is 11.2. The third kappa shape index (κ3) is 5.05. The summed E-state index contributed by atoms with van der Waals surface area (Å²) in [6.07, 6.45) is 1.76. The maximum Gasteiger partial charge on any atom is 0.248 e. The number of sulfonamides is 1. The first-order chi connectivity index (χ1) is 10.8. The molecule has 1 aliphatic rings. The number of nitrogens with two attached hydrogens (primary N) is 1. The van der Waals surface area contributed by atoms with Gasteiger partial charge in [0.2, 0.25) is 15.9 Å². The normalized spacial score (nSPS) is 20.6. The average molecular weight is 398 g/mol. The van der Waals surface area contributed by atoms with Gasteiger partial charge in [0.15, 0.2) is 0 Å². The number of halogens is 2. The summed E-state index contributed by atoms with van der Waals surface area (Å²) >= 11 is 5.87. The molecule has 10 heteroatoms. The molecule has 1 aliphatic heterocycles. The smallest absolute Gasteiger partial charge is 0.248 e. The molecule has 1 unspecified atom stereocenters. The number of primary amides is 1. The summed E-state index contributed by atoms with van der Waals surface area (Å²) in [7, 11) is -2.24. The quantitative estimate of drug-likeness (QED) is 0.632. The van der Waals surface area contributed by atoms with Gasteiger partial charge in [-0.3, -0.25) is 4.79 Å². The summed E-state index contributed by atoms with van der Waals surface area (Å²) in [5.74, 6) is -0.739. The minimum Gasteiger partial charge on any atom is -0.383 e. The molecule has 1 aromatic rings. The predicted molar refractivity (Wildman–Crippen MR) is 94.3 cm³/mol. The molecular weight excluding hydrogens is 377 g/mol. The SMILES string of the molecule is COCC1(CNS(=O)(=O)c2cc(Cl)cc(C(N)=O)c2)CCCN1.Cl. The first kappa shape index (κ1) is 21.1. The summed E-state index contributed by atoms with van der Waals surface area (Å²) in [6.45, 7) is 1.40. The number of carbonyl (C=O) groups is 1. The Morgan fingerprint density at radius 3 is 2.71 bits per heavy atom. The van der Waals surface area contributed by atoms with Crippen LogP contribution >= 0.6 is 24.0 Å². The Hall–Kier alpha value is -0.900. The van der Waals surface area contributed by atoms with E-state index in [1.54, 1.807) is 7.11 Å². The highest BCUT2D eigenvalue weighted by Crippen LogP contribution is 2.22. The number of carbonyl (C=O) groups excluding carboxylic acids is 1. The minimum atomic E-state index is -3.82. The Labute approximate surface area is 152 Å². The molecule has 1 heterocycles. The van der Waals surface area contributed by atoms with Crippen LogP contribution in [0.2, 0.25) is 5.02 Å². The van der Waals surface area contributed by atoms with E-state index >= 15 is 0 Å². The number of rotatable bonds is 7. The third-order valence-corrected chi connectivity index (χ3v) is 5.42. The number of benzene rings is 1. The number of amides is 1. The van der Waals surface area contributed by atoms with Crippen molar-refractivity contribution in [2.75, 3.05) is 26.8 Å². The van der Waals surface area contributed by atoms with Crippen molar-refractivity contribution < 1.29 is 17.9 Å². The van der Waals surface area contributed by atoms with Gasteiger partial charge in [-0.1, -0.05) is 11.6 Å². The molecule has 0 bridgehead atoms. The lowest BCUT2D eigenvalue weighted by Gasteiger charge is -2.28. The van der Waals surface area contributed by atoms with Crippen molar-refractivity contribution in [1.82, 2.24) is 10.0 Å². The van der Waals surface area contributed by atoms with Crippen LogP contribution in [0.25, 0.3) is 0 Å². The van der Waals surface area contributed by atoms with Crippen LogP contribution in [0.3, 0.4) is 0 Å². The van der Waals surface area contributed by atoms with Gasteiger partial charge in [0.05, 0.1) is 17.0 Å². The van der Waals surface area contributed by atoms with Crippen molar-refractivity contribution in [1.29, 1.82) is 0 Å². The predicted octanol–water partition coefficient (Wildman–Crippen LogP) is 0.908. The lowest BCUT2D eigenvalue weighted by molar-refractivity contribution is 0.1000. The molecule has 4 N–H and O–H groups in total. The van der Waals surface area contributed by atoms with Crippen LogP contribution in [-0.4, -0.2) is 46.7 Å². The van der Waals surface area contributed by atoms with Crippen molar-refractivity contribution in [2.45, 2.75) is 23.3 Å². The van der Waals surface area contributed by atoms with Gasteiger partial charge in [0, 0.05) is 24.2 Å². The highest BCUT2D eigenvalue weighted by Gasteiger charge is 2.34. The number of hydrogen-bond donors (Lipinski definition) is 3. The Kier molecular flexibility index (Phi) is 7.45. The summed E-state index contributed by atoms with van der Waals surface area (Å²) in [5.41, 5.74) is 4.81. The maximum atomic E-state index is 12.5. The van der Waals surface area contributed by atoms with Gasteiger partial charge in [0.1, 0.15) is 0 Å². The van der Waals surface area contributed by atoms with Crippen molar-refractivity contribution in [3.63, 3.8) is 0 Å². The fraction of sp³-hybridized carbons (Fsp3) is 0.500. The average Bonchev–Trinajstić information content (AvgIpc) is 2.94. The van der Waals surface area contributed by atoms with E-state index in [0.717, 1.165) is 19.4 Å². The zero-order valence-electron chi connectivity index (χ0n) is 13.2. The van der Waals surface area contributed by atoms with Crippen LogP contribution < -0.4 is 15.8 Å². The van der Waals surface area contributed by atoms with Crippen LogP contribution in [0.15, 0.2) is 23.1 Å². The second-order valence-corrected chi connectivity index (χ2v) is 7.81. The molecule has 0 radical (unpaired) electrons. The third-order valence-electron chi connectivity index (χ3n) is 3.82. The van der Waals surface area contributed by atoms with Crippen molar-refractivity contribution >= 4 is 39.9 Å². The summed E-state index contributed by atoms with van der Waals surface area (Å²) < 4.78 is 32.7. The van der Waals surface area contributed by atoms with Crippen LogP contribution in [0.5, 0.6) is 0 Å². The van der Waals surface area contributed by atoms with Gasteiger partial charge in [-0.25, -0.2) is 13.1 Å². The molecule has 1 atom stereocenters. The van der Waals surface area contributed by atoms with Crippen molar-refractivity contribution in [2.24, 2.45) is 5.73 Å². The van der Waals surface area contributed by atoms with Crippen molar-refractivity contribution in [3.05, 3.63) is 28.8 Å². The van der Waals surface area contributed by atoms with E-state index in [0.29, 0.717) is 6.61 Å². The molecular formula is C14H21Cl2N3O4S. The Balaban J connectivity index is 0.00000288. The Morgan fingerprint density at radius 2 is 2.17 bits per heavy atom. The van der Waals surface area contributed by atoms with E-state index in [2.05, 4.69) is 10.0 Å². The highest BCUT2D eigenvalue weighted by molar-refractivity contribution is 7.89. The molecule has 0 aromatic heterocycles. The highest BCUT2D eigenvalue weighted by atomic mass is 35.5. The van der Waals surface area contributed by atoms with Gasteiger partial charge in [-0.05, 0) is 37.6 Å². The van der Waals surface area contributed by atoms with Crippen LogP contribution in [0, 0.1) is 0 Å². The van der Waals surface area contributed by atoms with Gasteiger partial charge < -0.3 is 15.8 Å². The Bertz CT molecular complexity index is 691. The number of hydrogen-bond acceptors (Lipinski definition) is 5. The van der Waals surface area contributed by atoms with Crippen molar-refractivity contribution in [3.8, 4) is 0 Å². The van der Waals surface area contributed by atoms with Gasteiger partial charge in [0.25, 0.3) is 0 Å². The zero-order chi connectivity index (χ0) is 17.1.